The second-order valence-electron chi connectivity index (χ2n) is 8.28. The zero-order valence-electron chi connectivity index (χ0n) is 19.8. The molecule has 0 bridgehead atoms. The number of amides is 1. The van der Waals surface area contributed by atoms with Crippen LogP contribution in [-0.2, 0) is 20.9 Å². The Morgan fingerprint density at radius 3 is 2.43 bits per heavy atom. The van der Waals surface area contributed by atoms with E-state index in [0.717, 1.165) is 5.56 Å². The van der Waals surface area contributed by atoms with Gasteiger partial charge in [-0.05, 0) is 47.5 Å². The molecule has 0 aliphatic carbocycles. The smallest absolute Gasteiger partial charge is 0.295 e. The van der Waals surface area contributed by atoms with Gasteiger partial charge in [0.15, 0.2) is 0 Å². The Balaban J connectivity index is 1.71. The summed E-state index contributed by atoms with van der Waals surface area (Å²) in [4.78, 5) is 37.7. The van der Waals surface area contributed by atoms with Crippen molar-refractivity contribution in [2.75, 3.05) is 20.3 Å². The third-order valence-electron chi connectivity index (χ3n) is 5.92. The number of nitro groups is 1. The number of nitrogens with zero attached hydrogens (tertiary/aromatic N) is 2. The summed E-state index contributed by atoms with van der Waals surface area (Å²) in [7, 11) is 1.46. The van der Waals surface area contributed by atoms with Crippen molar-refractivity contribution in [3.8, 4) is 5.75 Å². The predicted molar refractivity (Wildman–Crippen MR) is 131 cm³/mol. The minimum absolute atomic E-state index is 0.0868. The molecule has 4 rings (SSSR count). The Labute approximate surface area is 211 Å². The summed E-state index contributed by atoms with van der Waals surface area (Å²) in [6.07, 6.45) is 0. The maximum absolute atomic E-state index is 13.2. The highest BCUT2D eigenvalue weighted by Crippen LogP contribution is 2.40. The second-order valence-corrected chi connectivity index (χ2v) is 8.28. The quantitative estimate of drug-likeness (QED) is 0.150. The second kappa shape index (κ2) is 11.0. The lowest BCUT2D eigenvalue weighted by Gasteiger charge is -2.25. The molecule has 1 aliphatic rings. The maximum Gasteiger partial charge on any atom is 0.295 e. The summed E-state index contributed by atoms with van der Waals surface area (Å²) in [5.41, 5.74) is 1.08. The van der Waals surface area contributed by atoms with Gasteiger partial charge in [-0.1, -0.05) is 24.3 Å². The van der Waals surface area contributed by atoms with Crippen LogP contribution < -0.4 is 4.74 Å². The van der Waals surface area contributed by atoms with Crippen LogP contribution in [0.1, 0.15) is 22.7 Å². The fourth-order valence-electron chi connectivity index (χ4n) is 4.07. The molecular formula is C27H23FN2O7. The number of methoxy groups -OCH3 is 1. The molecule has 1 N–H and O–H groups in total. The fourth-order valence-corrected chi connectivity index (χ4v) is 4.07. The number of nitro benzene ring substituents is 1. The van der Waals surface area contributed by atoms with E-state index < -0.39 is 28.4 Å². The predicted octanol–water partition coefficient (Wildman–Crippen LogP) is 4.38. The van der Waals surface area contributed by atoms with Crippen LogP contribution in [0.5, 0.6) is 5.75 Å². The minimum atomic E-state index is -0.945. The third kappa shape index (κ3) is 5.49. The maximum atomic E-state index is 13.2. The van der Waals surface area contributed by atoms with Gasteiger partial charge < -0.3 is 19.5 Å². The number of ketones is 1. The number of carbonyl (C=O) groups excluding carboxylic acids is 2. The Hall–Kier alpha value is -4.57. The number of Topliss-reactive ketones (excluding diaryl/α,β-unsaturated/α-hetero) is 1. The van der Waals surface area contributed by atoms with E-state index in [-0.39, 0.29) is 42.4 Å². The first-order chi connectivity index (χ1) is 17.8. The van der Waals surface area contributed by atoms with Crippen molar-refractivity contribution in [2.45, 2.75) is 12.6 Å². The molecular weight excluding hydrogens is 483 g/mol. The van der Waals surface area contributed by atoms with Crippen LogP contribution in [0.4, 0.5) is 10.1 Å². The van der Waals surface area contributed by atoms with E-state index in [1.54, 1.807) is 36.4 Å². The zero-order valence-corrected chi connectivity index (χ0v) is 19.8. The summed E-state index contributed by atoms with van der Waals surface area (Å²) >= 11 is 0. The molecule has 1 atom stereocenters. The average molecular weight is 506 g/mol. The minimum Gasteiger partial charge on any atom is -0.507 e. The summed E-state index contributed by atoms with van der Waals surface area (Å²) in [5, 5.41) is 22.1. The summed E-state index contributed by atoms with van der Waals surface area (Å²) in [6, 6.07) is 16.7. The SMILES string of the molecule is COCCN1C(=O)C(=O)/C(=C(/O)c2ccc([N+](=O)[O-])cc2)C1c1cccc(OCc2ccc(F)cc2)c1. The molecule has 9 nitrogen and oxygen atoms in total. The number of aliphatic hydroxyl groups excluding tert-OH is 1. The number of carbonyl (C=O) groups is 2. The van der Waals surface area contributed by atoms with Crippen LogP contribution in [0.2, 0.25) is 0 Å². The Kier molecular flexibility index (Phi) is 7.59. The lowest BCUT2D eigenvalue weighted by Crippen LogP contribution is -2.32. The molecule has 1 amide bonds. The van der Waals surface area contributed by atoms with Crippen molar-refractivity contribution >= 4 is 23.1 Å². The van der Waals surface area contributed by atoms with Gasteiger partial charge in [-0.15, -0.1) is 0 Å². The highest BCUT2D eigenvalue weighted by Gasteiger charge is 2.46. The molecule has 0 spiro atoms. The zero-order chi connectivity index (χ0) is 26.5. The number of ether oxygens (including phenoxy) is 2. The summed E-state index contributed by atoms with van der Waals surface area (Å²) in [6.45, 7) is 0.404. The van der Waals surface area contributed by atoms with Gasteiger partial charge in [0.2, 0.25) is 0 Å². The van der Waals surface area contributed by atoms with Gasteiger partial charge >= 0.3 is 0 Å². The van der Waals surface area contributed by atoms with Crippen molar-refractivity contribution in [3.63, 3.8) is 0 Å². The number of hydrogen-bond acceptors (Lipinski definition) is 7. The van der Waals surface area contributed by atoms with Crippen molar-refractivity contribution < 1.29 is 33.5 Å². The Morgan fingerprint density at radius 1 is 1.08 bits per heavy atom. The Morgan fingerprint density at radius 2 is 1.78 bits per heavy atom. The molecule has 190 valence electrons. The van der Waals surface area contributed by atoms with E-state index in [1.807, 2.05) is 0 Å². The van der Waals surface area contributed by atoms with E-state index in [0.29, 0.717) is 11.3 Å². The number of aliphatic hydroxyl groups is 1. The molecule has 1 unspecified atom stereocenters. The monoisotopic (exact) mass is 506 g/mol. The lowest BCUT2D eigenvalue weighted by molar-refractivity contribution is -0.384. The van der Waals surface area contributed by atoms with Crippen molar-refractivity contribution in [1.82, 2.24) is 4.90 Å². The molecule has 3 aromatic rings. The summed E-state index contributed by atoms with van der Waals surface area (Å²) in [5.74, 6) is -2.05. The molecule has 1 aliphatic heterocycles. The van der Waals surface area contributed by atoms with E-state index >= 15 is 0 Å². The molecule has 0 saturated carbocycles. The average Bonchev–Trinajstić information content (AvgIpc) is 3.16. The van der Waals surface area contributed by atoms with Crippen LogP contribution in [0.25, 0.3) is 5.76 Å². The Bertz CT molecular complexity index is 1350. The largest absolute Gasteiger partial charge is 0.507 e. The number of halogens is 1. The van der Waals surface area contributed by atoms with Gasteiger partial charge in [0.05, 0.1) is 23.1 Å². The molecule has 10 heteroatoms. The third-order valence-corrected chi connectivity index (χ3v) is 5.92. The standard InChI is InChI=1S/C27H23FN2O7/c1-36-14-13-29-24(19-3-2-4-22(15-19)37-16-17-5-9-20(28)10-6-17)23(26(32)27(29)33)25(31)18-7-11-21(12-8-18)30(34)35/h2-12,15,24,31H,13-14,16H2,1H3/b25-23+. The molecule has 1 saturated heterocycles. The highest BCUT2D eigenvalue weighted by molar-refractivity contribution is 6.46. The lowest BCUT2D eigenvalue weighted by atomic mass is 9.95. The van der Waals surface area contributed by atoms with Crippen LogP contribution in [-0.4, -0.2) is 46.9 Å². The van der Waals surface area contributed by atoms with Crippen LogP contribution in [0.15, 0.2) is 78.4 Å². The van der Waals surface area contributed by atoms with Gasteiger partial charge in [-0.2, -0.15) is 0 Å². The van der Waals surface area contributed by atoms with Gasteiger partial charge in [-0.25, -0.2) is 4.39 Å². The van der Waals surface area contributed by atoms with Gasteiger partial charge in [-0.3, -0.25) is 19.7 Å². The molecule has 1 heterocycles. The van der Waals surface area contributed by atoms with E-state index in [1.165, 1.54) is 48.4 Å². The highest BCUT2D eigenvalue weighted by atomic mass is 19.1. The summed E-state index contributed by atoms with van der Waals surface area (Å²) < 4.78 is 24.1. The van der Waals surface area contributed by atoms with Crippen LogP contribution >= 0.6 is 0 Å². The first-order valence-corrected chi connectivity index (χ1v) is 11.3. The normalized spacial score (nSPS) is 16.7. The molecule has 1 fully saturated rings. The van der Waals surface area contributed by atoms with Crippen molar-refractivity contribution in [1.29, 1.82) is 0 Å². The molecule has 3 aromatic carbocycles. The molecule has 0 aromatic heterocycles. The van der Waals surface area contributed by atoms with Gasteiger partial charge in [0, 0.05) is 31.4 Å². The number of likely N-dealkylation sites (tertiary alicyclic amines) is 1. The molecule has 37 heavy (non-hydrogen) atoms. The number of hydrogen-bond donors (Lipinski definition) is 1. The first kappa shape index (κ1) is 25.5. The first-order valence-electron chi connectivity index (χ1n) is 11.3. The number of benzene rings is 3. The van der Waals surface area contributed by atoms with E-state index in [9.17, 15) is 29.2 Å². The van der Waals surface area contributed by atoms with Crippen molar-refractivity contribution in [2.24, 2.45) is 0 Å². The number of rotatable bonds is 9. The fraction of sp³-hybridized carbons (Fsp3) is 0.185. The van der Waals surface area contributed by atoms with Crippen LogP contribution in [0.3, 0.4) is 0 Å². The van der Waals surface area contributed by atoms with Crippen LogP contribution in [0, 0.1) is 15.9 Å². The van der Waals surface area contributed by atoms with Gasteiger partial charge in [0.1, 0.15) is 23.9 Å². The van der Waals surface area contributed by atoms with E-state index in [4.69, 9.17) is 9.47 Å². The van der Waals surface area contributed by atoms with Crippen molar-refractivity contribution in [3.05, 3.63) is 111 Å². The van der Waals surface area contributed by atoms with E-state index in [2.05, 4.69) is 0 Å². The molecule has 0 radical (unpaired) electrons. The topological polar surface area (TPSA) is 119 Å². The van der Waals surface area contributed by atoms with Gasteiger partial charge in [0.25, 0.3) is 17.4 Å². The number of non-ortho nitro benzene ring substituents is 1.